The summed E-state index contributed by atoms with van der Waals surface area (Å²) in [7, 11) is 0. The third kappa shape index (κ3) is 18.8. The Labute approximate surface area is 243 Å². The second-order valence-electron chi connectivity index (χ2n) is 9.33. The van der Waals surface area contributed by atoms with Gasteiger partial charge in [-0.1, -0.05) is 19.8 Å². The molecule has 16 nitrogen and oxygen atoms in total. The molecule has 5 amide bonds. The molecule has 0 aliphatic carbocycles. The largest absolute Gasteiger partial charge is 0.480 e. The van der Waals surface area contributed by atoms with Gasteiger partial charge >= 0.3 is 11.9 Å². The van der Waals surface area contributed by atoms with E-state index in [0.29, 0.717) is 6.42 Å². The summed E-state index contributed by atoms with van der Waals surface area (Å²) in [6.07, 6.45) is 1.34. The number of rotatable bonds is 23. The molecule has 0 spiro atoms. The minimum Gasteiger partial charge on any atom is -0.480 e. The van der Waals surface area contributed by atoms with Gasteiger partial charge in [-0.15, -0.1) is 0 Å². The van der Waals surface area contributed by atoms with Crippen LogP contribution in [0.1, 0.15) is 65.2 Å². The Morgan fingerprint density at radius 3 is 1.64 bits per heavy atom. The number of unbranched alkanes of at least 4 members (excludes halogenated alkanes) is 2. The van der Waals surface area contributed by atoms with Crippen LogP contribution in [0.2, 0.25) is 0 Å². The first kappa shape index (κ1) is 37.6. The van der Waals surface area contributed by atoms with E-state index in [9.17, 15) is 43.2 Å². The highest BCUT2D eigenvalue weighted by Crippen LogP contribution is 2.03. The molecular weight excluding hydrogens is 558 g/mol. The lowest BCUT2D eigenvalue weighted by molar-refractivity contribution is -0.146. The zero-order valence-corrected chi connectivity index (χ0v) is 24.1. The summed E-state index contributed by atoms with van der Waals surface area (Å²) in [4.78, 5) is 108. The molecule has 0 aliphatic rings. The maximum atomic E-state index is 12.5. The average molecular weight is 600 g/mol. The minimum absolute atomic E-state index is 0.269. The number of nitrogens with zero attached hydrogens (tertiary/aromatic N) is 2. The Morgan fingerprint density at radius 2 is 1.07 bits per heavy atom. The van der Waals surface area contributed by atoms with Gasteiger partial charge in [0.05, 0.1) is 19.6 Å². The molecule has 0 unspecified atom stereocenters. The topological polar surface area (TPSA) is 237 Å². The van der Waals surface area contributed by atoms with Crippen molar-refractivity contribution in [2.24, 2.45) is 0 Å². The van der Waals surface area contributed by atoms with Crippen LogP contribution in [0.15, 0.2) is 0 Å². The SMILES string of the molecule is CCCCCC(=O)NCC(=O)CCC(=O)N(CC(=O)O)CC(=O)CCC(=O)NCC(=O)N(CC(=O)O)CC(=O)NCC. The highest BCUT2D eigenvalue weighted by molar-refractivity contribution is 5.94. The van der Waals surface area contributed by atoms with Crippen molar-refractivity contribution < 1.29 is 53.4 Å². The van der Waals surface area contributed by atoms with Gasteiger partial charge < -0.3 is 36.0 Å². The van der Waals surface area contributed by atoms with Gasteiger partial charge in [0.2, 0.25) is 29.5 Å². The van der Waals surface area contributed by atoms with Gasteiger partial charge in [0.25, 0.3) is 0 Å². The fourth-order valence-electron chi connectivity index (χ4n) is 3.45. The van der Waals surface area contributed by atoms with E-state index in [1.54, 1.807) is 6.92 Å². The van der Waals surface area contributed by atoms with Crippen LogP contribution >= 0.6 is 0 Å². The molecule has 0 heterocycles. The number of Topliss-reactive ketones (excluding diaryl/α,β-unsaturated/α-hetero) is 2. The van der Waals surface area contributed by atoms with Gasteiger partial charge in [0, 0.05) is 38.6 Å². The van der Waals surface area contributed by atoms with Crippen molar-refractivity contribution in [2.75, 3.05) is 45.8 Å². The molecule has 0 aliphatic heterocycles. The van der Waals surface area contributed by atoms with Gasteiger partial charge in [-0.05, 0) is 13.3 Å². The molecule has 0 aromatic heterocycles. The number of hydrogen-bond donors (Lipinski definition) is 5. The molecule has 5 N–H and O–H groups in total. The fraction of sp³-hybridized carbons (Fsp3) is 0.654. The first-order chi connectivity index (χ1) is 19.8. The third-order valence-electron chi connectivity index (χ3n) is 5.61. The summed E-state index contributed by atoms with van der Waals surface area (Å²) in [6.45, 7) is 0.270. The van der Waals surface area contributed by atoms with Crippen LogP contribution in [0.4, 0.5) is 0 Å². The first-order valence-electron chi connectivity index (χ1n) is 13.6. The number of carbonyl (C=O) groups excluding carboxylic acids is 7. The van der Waals surface area contributed by atoms with Crippen molar-refractivity contribution in [1.82, 2.24) is 25.8 Å². The number of carboxylic acids is 2. The molecule has 236 valence electrons. The number of ketones is 2. The molecule has 42 heavy (non-hydrogen) atoms. The Kier molecular flexibility index (Phi) is 19.2. The van der Waals surface area contributed by atoms with E-state index in [0.717, 1.165) is 22.6 Å². The number of carboxylic acid groups (broad SMARTS) is 2. The van der Waals surface area contributed by atoms with Crippen LogP contribution in [0.5, 0.6) is 0 Å². The number of amides is 5. The van der Waals surface area contributed by atoms with Gasteiger partial charge in [-0.3, -0.25) is 43.2 Å². The van der Waals surface area contributed by atoms with E-state index >= 15 is 0 Å². The highest BCUT2D eigenvalue weighted by atomic mass is 16.4. The summed E-state index contributed by atoms with van der Waals surface area (Å²) in [5.41, 5.74) is 0. The summed E-state index contributed by atoms with van der Waals surface area (Å²) < 4.78 is 0. The van der Waals surface area contributed by atoms with Crippen LogP contribution < -0.4 is 16.0 Å². The lowest BCUT2D eigenvalue weighted by Crippen LogP contribution is -2.47. The number of nitrogens with one attached hydrogen (secondary N) is 3. The Hall–Kier alpha value is -4.37. The number of aliphatic carboxylic acids is 2. The Morgan fingerprint density at radius 1 is 0.524 bits per heavy atom. The molecule has 0 rings (SSSR count). The van der Waals surface area contributed by atoms with E-state index in [1.165, 1.54) is 0 Å². The van der Waals surface area contributed by atoms with Crippen molar-refractivity contribution in [3.8, 4) is 0 Å². The van der Waals surface area contributed by atoms with Crippen LogP contribution in [-0.4, -0.2) is 119 Å². The third-order valence-corrected chi connectivity index (χ3v) is 5.61. The normalized spacial score (nSPS) is 10.2. The molecule has 16 heteroatoms. The fourth-order valence-corrected chi connectivity index (χ4v) is 3.45. The molecule has 0 saturated heterocycles. The van der Waals surface area contributed by atoms with Crippen LogP contribution in [0, 0.1) is 0 Å². The van der Waals surface area contributed by atoms with E-state index < -0.39 is 92.7 Å². The standard InChI is InChI=1S/C26H41N5O11/c1-3-5-6-7-20(34)28-12-18(32)9-11-23(37)30(16-25(39)40)14-19(33)8-10-21(35)29-13-24(38)31(17-26(41)42)15-22(36)27-4-2/h3-17H2,1-2H3,(H,27,36)(H,28,34)(H,29,35)(H,39,40)(H,41,42). The van der Waals surface area contributed by atoms with Gasteiger partial charge in [-0.2, -0.15) is 0 Å². The molecule has 0 aromatic carbocycles. The number of likely N-dealkylation sites (N-methyl/N-ethyl adjacent to an activating group) is 1. The molecular formula is C26H41N5O11. The van der Waals surface area contributed by atoms with Gasteiger partial charge in [0.1, 0.15) is 19.6 Å². The predicted molar refractivity (Wildman–Crippen MR) is 146 cm³/mol. The average Bonchev–Trinajstić information content (AvgIpc) is 2.91. The number of carbonyl (C=O) groups is 9. The molecule has 0 fully saturated rings. The van der Waals surface area contributed by atoms with Gasteiger partial charge in [-0.25, -0.2) is 0 Å². The molecule has 0 saturated carbocycles. The maximum absolute atomic E-state index is 12.5. The predicted octanol–water partition coefficient (Wildman–Crippen LogP) is -1.54. The second kappa shape index (κ2) is 21.4. The lowest BCUT2D eigenvalue weighted by Gasteiger charge is -2.20. The summed E-state index contributed by atoms with van der Waals surface area (Å²) in [5, 5.41) is 25.2. The zero-order chi connectivity index (χ0) is 32.1. The first-order valence-corrected chi connectivity index (χ1v) is 13.6. The van der Waals surface area contributed by atoms with Crippen molar-refractivity contribution >= 4 is 53.0 Å². The molecule has 0 radical (unpaired) electrons. The van der Waals surface area contributed by atoms with Crippen molar-refractivity contribution in [2.45, 2.75) is 65.2 Å². The zero-order valence-electron chi connectivity index (χ0n) is 24.1. The maximum Gasteiger partial charge on any atom is 0.323 e. The van der Waals surface area contributed by atoms with Crippen LogP contribution in [0.25, 0.3) is 0 Å². The monoisotopic (exact) mass is 599 g/mol. The van der Waals surface area contributed by atoms with E-state index in [1.807, 2.05) is 6.92 Å². The van der Waals surface area contributed by atoms with Crippen LogP contribution in [-0.2, 0) is 43.2 Å². The summed E-state index contributed by atoms with van der Waals surface area (Å²) in [5.74, 6) is -7.07. The van der Waals surface area contributed by atoms with E-state index in [4.69, 9.17) is 10.2 Å². The quantitative estimate of drug-likeness (QED) is 0.0844. The molecule has 0 bridgehead atoms. The van der Waals surface area contributed by atoms with Crippen molar-refractivity contribution in [3.63, 3.8) is 0 Å². The smallest absolute Gasteiger partial charge is 0.323 e. The molecule has 0 aromatic rings. The van der Waals surface area contributed by atoms with Crippen LogP contribution in [0.3, 0.4) is 0 Å². The summed E-state index contributed by atoms with van der Waals surface area (Å²) in [6, 6.07) is 0. The van der Waals surface area contributed by atoms with E-state index in [-0.39, 0.29) is 38.3 Å². The van der Waals surface area contributed by atoms with Crippen molar-refractivity contribution in [3.05, 3.63) is 0 Å². The van der Waals surface area contributed by atoms with Gasteiger partial charge in [0.15, 0.2) is 11.6 Å². The molecule has 0 atom stereocenters. The summed E-state index contributed by atoms with van der Waals surface area (Å²) >= 11 is 0. The Bertz CT molecular complexity index is 999. The van der Waals surface area contributed by atoms with E-state index in [2.05, 4.69) is 16.0 Å². The minimum atomic E-state index is -1.39. The highest BCUT2D eigenvalue weighted by Gasteiger charge is 2.23. The second-order valence-corrected chi connectivity index (χ2v) is 9.33. The lowest BCUT2D eigenvalue weighted by atomic mass is 10.1. The number of hydrogen-bond acceptors (Lipinski definition) is 9. The van der Waals surface area contributed by atoms with Crippen molar-refractivity contribution in [1.29, 1.82) is 0 Å². The Balaban J connectivity index is 4.72.